The first-order valence-corrected chi connectivity index (χ1v) is 5.18. The van der Waals surface area contributed by atoms with Crippen molar-refractivity contribution in [3.05, 3.63) is 22.4 Å². The molecule has 5 nitrogen and oxygen atoms in total. The maximum absolute atomic E-state index is 11.5. The first-order valence-electron chi connectivity index (χ1n) is 5.18. The number of nitrogens with zero attached hydrogens (tertiary/aromatic N) is 2. The van der Waals surface area contributed by atoms with Crippen molar-refractivity contribution in [3.63, 3.8) is 0 Å². The Kier molecular flexibility index (Phi) is 2.62. The Morgan fingerprint density at radius 1 is 1.47 bits per heavy atom. The van der Waals surface area contributed by atoms with Gasteiger partial charge in [0.1, 0.15) is 0 Å². The van der Waals surface area contributed by atoms with Crippen LogP contribution in [0.3, 0.4) is 0 Å². The van der Waals surface area contributed by atoms with Crippen LogP contribution in [-0.4, -0.2) is 34.0 Å². The standard InChI is InChI=1S/C10H15N3O2/c1-8-6-13(10(15)11-8)9-2-4-12(7-14)5-3-9/h6-7,9H,2-5H2,1H3,(H,11,15). The number of hydrogen-bond donors (Lipinski definition) is 1. The number of aromatic amines is 1. The zero-order chi connectivity index (χ0) is 10.8. The molecule has 15 heavy (non-hydrogen) atoms. The Morgan fingerprint density at radius 2 is 2.13 bits per heavy atom. The largest absolute Gasteiger partial charge is 0.345 e. The number of likely N-dealkylation sites (tertiary alicyclic amines) is 1. The van der Waals surface area contributed by atoms with Crippen molar-refractivity contribution < 1.29 is 4.79 Å². The number of nitrogens with one attached hydrogen (secondary N) is 1. The molecule has 0 atom stereocenters. The summed E-state index contributed by atoms with van der Waals surface area (Å²) in [6.07, 6.45) is 4.44. The molecule has 1 saturated heterocycles. The van der Waals surface area contributed by atoms with Crippen LogP contribution < -0.4 is 5.69 Å². The monoisotopic (exact) mass is 209 g/mol. The first kappa shape index (κ1) is 10.0. The van der Waals surface area contributed by atoms with E-state index >= 15 is 0 Å². The van der Waals surface area contributed by atoms with Crippen molar-refractivity contribution in [1.82, 2.24) is 14.5 Å². The second kappa shape index (κ2) is 3.92. The topological polar surface area (TPSA) is 58.1 Å². The number of piperidine rings is 1. The summed E-state index contributed by atoms with van der Waals surface area (Å²) in [6.45, 7) is 3.36. The average molecular weight is 209 g/mol. The first-order chi connectivity index (χ1) is 7.20. The molecular formula is C10H15N3O2. The van der Waals surface area contributed by atoms with Gasteiger partial charge < -0.3 is 9.88 Å². The van der Waals surface area contributed by atoms with Gasteiger partial charge in [0.15, 0.2) is 0 Å². The molecule has 0 unspecified atom stereocenters. The van der Waals surface area contributed by atoms with Gasteiger partial charge in [0.05, 0.1) is 0 Å². The molecule has 0 aliphatic carbocycles. The van der Waals surface area contributed by atoms with E-state index in [9.17, 15) is 9.59 Å². The molecule has 1 amide bonds. The van der Waals surface area contributed by atoms with Crippen molar-refractivity contribution in [3.8, 4) is 0 Å². The van der Waals surface area contributed by atoms with Crippen molar-refractivity contribution in [1.29, 1.82) is 0 Å². The summed E-state index contributed by atoms with van der Waals surface area (Å²) in [5, 5.41) is 0. The van der Waals surface area contributed by atoms with E-state index in [1.54, 1.807) is 9.47 Å². The van der Waals surface area contributed by atoms with Gasteiger partial charge >= 0.3 is 5.69 Å². The molecule has 1 aromatic rings. The number of rotatable bonds is 2. The predicted octanol–water partition coefficient (Wildman–Crippen LogP) is 0.278. The molecule has 82 valence electrons. The Bertz CT molecular complexity index is 399. The van der Waals surface area contributed by atoms with Gasteiger partial charge in [-0.3, -0.25) is 9.36 Å². The molecule has 0 radical (unpaired) electrons. The van der Waals surface area contributed by atoms with Crippen LogP contribution in [0.15, 0.2) is 11.0 Å². The van der Waals surface area contributed by atoms with Crippen LogP contribution in [0.1, 0.15) is 24.6 Å². The Balaban J connectivity index is 2.10. The van der Waals surface area contributed by atoms with Crippen LogP contribution in [0.2, 0.25) is 0 Å². The van der Waals surface area contributed by atoms with E-state index in [0.717, 1.165) is 38.0 Å². The number of amides is 1. The van der Waals surface area contributed by atoms with Crippen molar-refractivity contribution in [2.45, 2.75) is 25.8 Å². The third-order valence-electron chi connectivity index (χ3n) is 2.91. The van der Waals surface area contributed by atoms with E-state index in [1.807, 2.05) is 13.1 Å². The lowest BCUT2D eigenvalue weighted by Crippen LogP contribution is -2.35. The molecule has 0 aromatic carbocycles. The highest BCUT2D eigenvalue weighted by Crippen LogP contribution is 2.19. The quantitative estimate of drug-likeness (QED) is 0.711. The zero-order valence-corrected chi connectivity index (χ0v) is 8.77. The fourth-order valence-corrected chi connectivity index (χ4v) is 2.07. The second-order valence-electron chi connectivity index (χ2n) is 4.02. The van der Waals surface area contributed by atoms with Gasteiger partial charge in [0.25, 0.3) is 0 Å². The Hall–Kier alpha value is -1.52. The minimum Gasteiger partial charge on any atom is -0.345 e. The molecule has 0 bridgehead atoms. The lowest BCUT2D eigenvalue weighted by molar-refractivity contribution is -0.119. The van der Waals surface area contributed by atoms with E-state index in [-0.39, 0.29) is 11.7 Å². The van der Waals surface area contributed by atoms with Gasteiger partial charge in [0, 0.05) is 31.0 Å². The van der Waals surface area contributed by atoms with Crippen LogP contribution in [0.5, 0.6) is 0 Å². The number of carbonyl (C=O) groups is 1. The normalized spacial score (nSPS) is 18.1. The van der Waals surface area contributed by atoms with E-state index in [2.05, 4.69) is 4.98 Å². The SMILES string of the molecule is Cc1cn(C2CCN(C=O)CC2)c(=O)[nH]1. The summed E-state index contributed by atoms with van der Waals surface area (Å²) in [5.41, 5.74) is 0.842. The highest BCUT2D eigenvalue weighted by Gasteiger charge is 2.20. The van der Waals surface area contributed by atoms with E-state index < -0.39 is 0 Å². The third kappa shape index (κ3) is 1.95. The smallest absolute Gasteiger partial charge is 0.325 e. The molecule has 1 aliphatic heterocycles. The van der Waals surface area contributed by atoms with Crippen LogP contribution in [0.4, 0.5) is 0 Å². The lowest BCUT2D eigenvalue weighted by atomic mass is 10.1. The van der Waals surface area contributed by atoms with Gasteiger partial charge in [-0.15, -0.1) is 0 Å². The van der Waals surface area contributed by atoms with E-state index in [0.29, 0.717) is 0 Å². The number of aromatic nitrogens is 2. The number of imidazole rings is 1. The van der Waals surface area contributed by atoms with Crippen molar-refractivity contribution in [2.75, 3.05) is 13.1 Å². The highest BCUT2D eigenvalue weighted by molar-refractivity contribution is 5.47. The second-order valence-corrected chi connectivity index (χ2v) is 4.02. The minimum atomic E-state index is -0.0444. The molecule has 5 heteroatoms. The fourth-order valence-electron chi connectivity index (χ4n) is 2.07. The number of aryl methyl sites for hydroxylation is 1. The summed E-state index contributed by atoms with van der Waals surface area (Å²) in [4.78, 5) is 26.5. The minimum absolute atomic E-state index is 0.0444. The van der Waals surface area contributed by atoms with Gasteiger partial charge in [-0.25, -0.2) is 4.79 Å². The summed E-state index contributed by atoms with van der Waals surface area (Å²) < 4.78 is 1.75. The van der Waals surface area contributed by atoms with Crippen molar-refractivity contribution >= 4 is 6.41 Å². The Labute approximate surface area is 87.7 Å². The van der Waals surface area contributed by atoms with Crippen molar-refractivity contribution in [2.24, 2.45) is 0 Å². The predicted molar refractivity (Wildman–Crippen MR) is 55.7 cm³/mol. The average Bonchev–Trinajstić information content (AvgIpc) is 2.58. The molecule has 1 N–H and O–H groups in total. The lowest BCUT2D eigenvalue weighted by Gasteiger charge is -2.29. The van der Waals surface area contributed by atoms with Crippen LogP contribution in [-0.2, 0) is 4.79 Å². The maximum Gasteiger partial charge on any atom is 0.325 e. The maximum atomic E-state index is 11.5. The van der Waals surface area contributed by atoms with Crippen LogP contribution >= 0.6 is 0 Å². The van der Waals surface area contributed by atoms with Crippen LogP contribution in [0.25, 0.3) is 0 Å². The van der Waals surface area contributed by atoms with Gasteiger partial charge in [-0.2, -0.15) is 0 Å². The van der Waals surface area contributed by atoms with Gasteiger partial charge in [-0.05, 0) is 19.8 Å². The third-order valence-corrected chi connectivity index (χ3v) is 2.91. The summed E-state index contributed by atoms with van der Waals surface area (Å²) in [7, 11) is 0. The molecule has 0 saturated carbocycles. The number of H-pyrrole nitrogens is 1. The Morgan fingerprint density at radius 3 is 2.60 bits per heavy atom. The molecule has 0 spiro atoms. The van der Waals surface area contributed by atoms with E-state index in [1.165, 1.54) is 0 Å². The fraction of sp³-hybridized carbons (Fsp3) is 0.600. The van der Waals surface area contributed by atoms with Crippen LogP contribution in [0, 0.1) is 6.92 Å². The molecular weight excluding hydrogens is 194 g/mol. The zero-order valence-electron chi connectivity index (χ0n) is 8.77. The molecule has 1 aromatic heterocycles. The number of hydrogen-bond acceptors (Lipinski definition) is 2. The summed E-state index contributed by atoms with van der Waals surface area (Å²) in [5.74, 6) is 0. The molecule has 2 rings (SSSR count). The molecule has 1 fully saturated rings. The molecule has 1 aliphatic rings. The van der Waals surface area contributed by atoms with E-state index in [4.69, 9.17) is 0 Å². The van der Waals surface area contributed by atoms with Gasteiger partial charge in [-0.1, -0.05) is 0 Å². The number of carbonyl (C=O) groups excluding carboxylic acids is 1. The van der Waals surface area contributed by atoms with Gasteiger partial charge in [0.2, 0.25) is 6.41 Å². The summed E-state index contributed by atoms with van der Waals surface area (Å²) in [6, 6.07) is 0.235. The molecule has 2 heterocycles. The summed E-state index contributed by atoms with van der Waals surface area (Å²) >= 11 is 0. The highest BCUT2D eigenvalue weighted by atomic mass is 16.1.